The molecule has 0 saturated carbocycles. The second-order valence-electron chi connectivity index (χ2n) is 9.10. The summed E-state index contributed by atoms with van der Waals surface area (Å²) in [6.45, 7) is 2.70. The van der Waals surface area contributed by atoms with Crippen LogP contribution in [0.4, 0.5) is 0 Å². The van der Waals surface area contributed by atoms with Crippen molar-refractivity contribution in [2.45, 2.75) is 32.0 Å². The van der Waals surface area contributed by atoms with Crippen LogP contribution in [0.3, 0.4) is 0 Å². The molecule has 0 spiro atoms. The first kappa shape index (κ1) is 22.3. The molecule has 8 nitrogen and oxygen atoms in total. The zero-order valence-corrected chi connectivity index (χ0v) is 20.2. The Balaban J connectivity index is 1.48. The molecule has 0 bridgehead atoms. The van der Waals surface area contributed by atoms with E-state index in [1.54, 1.807) is 29.2 Å². The SMILES string of the molecule is CCOc1ccc(C2c3[nH]c4ccccc4c3CC3C(=O)N(Cc4ccco4)CC(=O)N32)cc1OC. The van der Waals surface area contributed by atoms with Crippen molar-refractivity contribution in [1.29, 1.82) is 0 Å². The quantitative estimate of drug-likeness (QED) is 0.445. The molecule has 184 valence electrons. The van der Waals surface area contributed by atoms with Gasteiger partial charge in [0, 0.05) is 23.0 Å². The van der Waals surface area contributed by atoms with Gasteiger partial charge in [0.2, 0.25) is 11.8 Å². The van der Waals surface area contributed by atoms with Gasteiger partial charge >= 0.3 is 0 Å². The Hall–Kier alpha value is -4.20. The summed E-state index contributed by atoms with van der Waals surface area (Å²) in [5.41, 5.74) is 3.83. The molecule has 6 rings (SSSR count). The normalized spacial score (nSPS) is 19.4. The molecule has 1 N–H and O–H groups in total. The Morgan fingerprint density at radius 1 is 1.08 bits per heavy atom. The smallest absolute Gasteiger partial charge is 0.246 e. The standard InChI is InChI=1S/C28H27N3O5/c1-3-35-23-11-10-17(13-24(23)34-2)27-26-20(19-8-4-5-9-21(19)29-26)14-22-28(33)30(16-25(32)31(22)27)15-18-7-6-12-36-18/h4-13,22,27,29H,3,14-16H2,1-2H3. The van der Waals surface area contributed by atoms with Gasteiger partial charge in [-0.05, 0) is 48.4 Å². The van der Waals surface area contributed by atoms with Crippen LogP contribution >= 0.6 is 0 Å². The van der Waals surface area contributed by atoms with Crippen LogP contribution in [0.25, 0.3) is 10.9 Å². The largest absolute Gasteiger partial charge is 0.493 e. The van der Waals surface area contributed by atoms with E-state index in [-0.39, 0.29) is 24.9 Å². The number of nitrogens with zero attached hydrogens (tertiary/aromatic N) is 2. The van der Waals surface area contributed by atoms with Crippen LogP contribution in [0.5, 0.6) is 11.5 Å². The number of carbonyl (C=O) groups excluding carboxylic acids is 2. The molecule has 4 heterocycles. The Labute approximate surface area is 208 Å². The summed E-state index contributed by atoms with van der Waals surface area (Å²) in [7, 11) is 1.60. The van der Waals surface area contributed by atoms with Gasteiger partial charge in [-0.1, -0.05) is 24.3 Å². The van der Waals surface area contributed by atoms with Gasteiger partial charge in [-0.25, -0.2) is 0 Å². The lowest BCUT2D eigenvalue weighted by Gasteiger charge is -2.47. The van der Waals surface area contributed by atoms with Gasteiger partial charge in [0.1, 0.15) is 18.3 Å². The summed E-state index contributed by atoms with van der Waals surface area (Å²) >= 11 is 0. The Morgan fingerprint density at radius 3 is 2.72 bits per heavy atom. The van der Waals surface area contributed by atoms with E-state index in [0.717, 1.165) is 27.7 Å². The second-order valence-corrected chi connectivity index (χ2v) is 9.10. The van der Waals surface area contributed by atoms with E-state index in [4.69, 9.17) is 13.9 Å². The molecule has 2 aromatic heterocycles. The van der Waals surface area contributed by atoms with E-state index >= 15 is 0 Å². The van der Waals surface area contributed by atoms with Crippen LogP contribution in [0, 0.1) is 0 Å². The summed E-state index contributed by atoms with van der Waals surface area (Å²) in [5.74, 6) is 1.70. The van der Waals surface area contributed by atoms with Crippen LogP contribution in [0.2, 0.25) is 0 Å². The number of fused-ring (bicyclic) bond motifs is 4. The van der Waals surface area contributed by atoms with Crippen molar-refractivity contribution < 1.29 is 23.5 Å². The van der Waals surface area contributed by atoms with E-state index in [1.165, 1.54) is 0 Å². The van der Waals surface area contributed by atoms with Crippen molar-refractivity contribution in [1.82, 2.24) is 14.8 Å². The highest BCUT2D eigenvalue weighted by Gasteiger charge is 2.48. The highest BCUT2D eigenvalue weighted by atomic mass is 16.5. The van der Waals surface area contributed by atoms with Gasteiger partial charge in [0.15, 0.2) is 11.5 Å². The first-order chi connectivity index (χ1) is 17.6. The molecule has 2 aliphatic rings. The number of H-pyrrole nitrogens is 1. The van der Waals surface area contributed by atoms with Crippen LogP contribution < -0.4 is 9.47 Å². The topological polar surface area (TPSA) is 88.0 Å². The average Bonchev–Trinajstić information content (AvgIpc) is 3.54. The number of benzene rings is 2. The van der Waals surface area contributed by atoms with Crippen LogP contribution in [-0.4, -0.2) is 52.9 Å². The summed E-state index contributed by atoms with van der Waals surface area (Å²) in [6, 6.07) is 16.3. The van der Waals surface area contributed by atoms with E-state index in [0.29, 0.717) is 30.3 Å². The molecule has 2 aromatic carbocycles. The van der Waals surface area contributed by atoms with Gasteiger partial charge in [-0.2, -0.15) is 0 Å². The number of hydrogen-bond donors (Lipinski definition) is 1. The number of carbonyl (C=O) groups is 2. The molecule has 8 heteroatoms. The van der Waals surface area contributed by atoms with Crippen molar-refractivity contribution in [3.63, 3.8) is 0 Å². The molecule has 4 aromatic rings. The number of rotatable bonds is 6. The predicted octanol–water partition coefficient (Wildman–Crippen LogP) is 4.05. The Bertz CT molecular complexity index is 1440. The molecular formula is C28H27N3O5. The maximum Gasteiger partial charge on any atom is 0.246 e. The number of piperazine rings is 1. The number of ether oxygens (including phenoxy) is 2. The summed E-state index contributed by atoms with van der Waals surface area (Å²) in [5, 5.41) is 1.07. The number of amides is 2. The Morgan fingerprint density at radius 2 is 1.94 bits per heavy atom. The Kier molecular flexibility index (Phi) is 5.44. The first-order valence-electron chi connectivity index (χ1n) is 12.1. The van der Waals surface area contributed by atoms with Crippen LogP contribution in [0.1, 0.15) is 35.5 Å². The fourth-order valence-electron chi connectivity index (χ4n) is 5.52. The highest BCUT2D eigenvalue weighted by Crippen LogP contribution is 2.44. The third kappa shape index (κ3) is 3.52. The number of aromatic amines is 1. The van der Waals surface area contributed by atoms with Crippen molar-refractivity contribution in [2.24, 2.45) is 0 Å². The van der Waals surface area contributed by atoms with Gasteiger partial charge in [0.25, 0.3) is 0 Å². The molecule has 2 unspecified atom stereocenters. The van der Waals surface area contributed by atoms with Crippen molar-refractivity contribution >= 4 is 22.7 Å². The molecule has 1 saturated heterocycles. The third-order valence-electron chi connectivity index (χ3n) is 7.07. The molecule has 2 aliphatic heterocycles. The number of methoxy groups -OCH3 is 1. The van der Waals surface area contributed by atoms with Gasteiger partial charge in [-0.3, -0.25) is 9.59 Å². The second kappa shape index (κ2) is 8.78. The summed E-state index contributed by atoms with van der Waals surface area (Å²) in [6.07, 6.45) is 2.02. The van der Waals surface area contributed by atoms with Crippen molar-refractivity contribution in [3.8, 4) is 11.5 Å². The highest BCUT2D eigenvalue weighted by molar-refractivity contribution is 5.97. The van der Waals surface area contributed by atoms with Crippen LogP contribution in [0.15, 0.2) is 65.3 Å². The zero-order valence-electron chi connectivity index (χ0n) is 20.2. The molecule has 0 radical (unpaired) electrons. The van der Waals surface area contributed by atoms with E-state index < -0.39 is 12.1 Å². The number of aromatic nitrogens is 1. The first-order valence-corrected chi connectivity index (χ1v) is 12.1. The monoisotopic (exact) mass is 485 g/mol. The number of nitrogens with one attached hydrogen (secondary N) is 1. The molecule has 36 heavy (non-hydrogen) atoms. The van der Waals surface area contributed by atoms with Crippen LogP contribution in [-0.2, 0) is 22.6 Å². The lowest BCUT2D eigenvalue weighted by molar-refractivity contribution is -0.159. The molecule has 0 aliphatic carbocycles. The van der Waals surface area contributed by atoms with Gasteiger partial charge in [0.05, 0.1) is 32.6 Å². The summed E-state index contributed by atoms with van der Waals surface area (Å²) in [4.78, 5) is 34.3. The molecule has 2 atom stereocenters. The van der Waals surface area contributed by atoms with E-state index in [9.17, 15) is 9.59 Å². The maximum absolute atomic E-state index is 13.8. The third-order valence-corrected chi connectivity index (χ3v) is 7.07. The van der Waals surface area contributed by atoms with E-state index in [1.807, 2.05) is 49.4 Å². The van der Waals surface area contributed by atoms with Crippen molar-refractivity contribution in [3.05, 3.63) is 83.4 Å². The molecule has 2 amide bonds. The van der Waals surface area contributed by atoms with Gasteiger partial charge in [-0.15, -0.1) is 0 Å². The molecular weight excluding hydrogens is 458 g/mol. The zero-order chi connectivity index (χ0) is 24.8. The minimum Gasteiger partial charge on any atom is -0.493 e. The minimum atomic E-state index is -0.615. The number of hydrogen-bond acceptors (Lipinski definition) is 5. The average molecular weight is 486 g/mol. The van der Waals surface area contributed by atoms with E-state index in [2.05, 4.69) is 11.1 Å². The lowest BCUT2D eigenvalue weighted by atomic mass is 9.86. The molecule has 1 fully saturated rings. The fraction of sp³-hybridized carbons (Fsp3) is 0.286. The number of furan rings is 1. The predicted molar refractivity (Wildman–Crippen MR) is 133 cm³/mol. The lowest BCUT2D eigenvalue weighted by Crippen LogP contribution is -2.62. The minimum absolute atomic E-state index is 0.00371. The summed E-state index contributed by atoms with van der Waals surface area (Å²) < 4.78 is 16.8. The fourth-order valence-corrected chi connectivity index (χ4v) is 5.52. The maximum atomic E-state index is 13.8. The van der Waals surface area contributed by atoms with Gasteiger partial charge < -0.3 is 28.7 Å². The van der Waals surface area contributed by atoms with Crippen molar-refractivity contribution in [2.75, 3.05) is 20.3 Å². The number of para-hydroxylation sites is 1.